The Morgan fingerprint density at radius 2 is 1.72 bits per heavy atom. The zero-order valence-electron chi connectivity index (χ0n) is 15.0. The Bertz CT molecular complexity index is 760. The van der Waals surface area contributed by atoms with Crippen LogP contribution in [0.5, 0.6) is 0 Å². The summed E-state index contributed by atoms with van der Waals surface area (Å²) in [7, 11) is 1.47. The molecule has 0 spiro atoms. The van der Waals surface area contributed by atoms with Crippen LogP contribution >= 0.6 is 0 Å². The van der Waals surface area contributed by atoms with Crippen molar-refractivity contribution >= 4 is 12.4 Å². The number of furan rings is 1. The molecule has 0 fully saturated rings. The predicted molar refractivity (Wildman–Crippen MR) is 91.5 cm³/mol. The van der Waals surface area contributed by atoms with Gasteiger partial charge in [-0.15, -0.1) is 0 Å². The summed E-state index contributed by atoms with van der Waals surface area (Å²) < 4.78 is 24.1. The summed E-state index contributed by atoms with van der Waals surface area (Å²) in [5.41, 5.74) is -1.35. The second kappa shape index (κ2) is 6.70. The van der Waals surface area contributed by atoms with Gasteiger partial charge < -0.3 is 13.9 Å². The first-order chi connectivity index (χ1) is 11.6. The van der Waals surface area contributed by atoms with Crippen LogP contribution in [0.25, 0.3) is 11.3 Å². The lowest BCUT2D eigenvalue weighted by atomic mass is 9.99. The normalized spacial score (nSPS) is 13.8. The average molecular weight is 347 g/mol. The van der Waals surface area contributed by atoms with Crippen molar-refractivity contribution in [2.45, 2.75) is 38.8 Å². The molecular weight excluding hydrogens is 325 g/mol. The lowest BCUT2D eigenvalue weighted by molar-refractivity contribution is -0.118. The molecule has 5 nitrogen and oxygen atoms in total. The number of carbonyl (C=O) groups excluding carboxylic acids is 2. The molecule has 0 saturated heterocycles. The van der Waals surface area contributed by atoms with Crippen LogP contribution in [0.1, 0.15) is 33.5 Å². The summed E-state index contributed by atoms with van der Waals surface area (Å²) >= 11 is 0. The van der Waals surface area contributed by atoms with E-state index in [1.807, 2.05) is 0 Å². The molecular formula is C19H22FNO4. The van der Waals surface area contributed by atoms with Gasteiger partial charge in [-0.3, -0.25) is 4.90 Å². The van der Waals surface area contributed by atoms with E-state index in [-0.39, 0.29) is 11.6 Å². The molecule has 2 aromatic rings. The van der Waals surface area contributed by atoms with E-state index in [9.17, 15) is 14.0 Å². The molecule has 0 N–H and O–H groups in total. The first-order valence-corrected chi connectivity index (χ1v) is 7.86. The summed E-state index contributed by atoms with van der Waals surface area (Å²) in [6.45, 7) is 6.81. The van der Waals surface area contributed by atoms with Crippen LogP contribution in [0.3, 0.4) is 0 Å². The average Bonchev–Trinajstić information content (AvgIpc) is 3.03. The van der Waals surface area contributed by atoms with E-state index >= 15 is 0 Å². The highest BCUT2D eigenvalue weighted by Crippen LogP contribution is 2.32. The van der Waals surface area contributed by atoms with Crippen LogP contribution in [-0.2, 0) is 15.1 Å². The highest BCUT2D eigenvalue weighted by atomic mass is 19.1. The molecule has 1 aromatic heterocycles. The van der Waals surface area contributed by atoms with Gasteiger partial charge in [-0.2, -0.15) is 0 Å². The number of benzene rings is 1. The molecule has 2 rings (SSSR count). The van der Waals surface area contributed by atoms with Crippen LogP contribution in [0.2, 0.25) is 0 Å². The molecule has 1 unspecified atom stereocenters. The molecule has 0 aliphatic carbocycles. The third-order valence-electron chi connectivity index (χ3n) is 3.83. The van der Waals surface area contributed by atoms with Gasteiger partial charge in [0.15, 0.2) is 11.8 Å². The number of nitrogens with zero attached hydrogens (tertiary/aromatic N) is 1. The molecule has 1 heterocycles. The fraction of sp³-hybridized carbons (Fsp3) is 0.368. The maximum atomic E-state index is 13.0. The second-order valence-electron chi connectivity index (χ2n) is 6.98. The zero-order valence-corrected chi connectivity index (χ0v) is 15.0. The number of hydrogen-bond acceptors (Lipinski definition) is 4. The zero-order chi connectivity index (χ0) is 18.8. The van der Waals surface area contributed by atoms with Crippen LogP contribution in [0.4, 0.5) is 9.18 Å². The lowest BCUT2D eigenvalue weighted by Crippen LogP contribution is -2.48. The van der Waals surface area contributed by atoms with Crippen LogP contribution in [0, 0.1) is 5.82 Å². The van der Waals surface area contributed by atoms with Crippen molar-refractivity contribution in [2.24, 2.45) is 0 Å². The van der Waals surface area contributed by atoms with Crippen molar-refractivity contribution in [3.8, 4) is 11.3 Å². The predicted octanol–water partition coefficient (Wildman–Crippen LogP) is 4.37. The summed E-state index contributed by atoms with van der Waals surface area (Å²) in [5.74, 6) is 0.411. The van der Waals surface area contributed by atoms with Gasteiger partial charge in [0, 0.05) is 12.6 Å². The van der Waals surface area contributed by atoms with Crippen molar-refractivity contribution in [1.29, 1.82) is 0 Å². The van der Waals surface area contributed by atoms with E-state index in [1.165, 1.54) is 24.1 Å². The van der Waals surface area contributed by atoms with Crippen molar-refractivity contribution in [1.82, 2.24) is 4.90 Å². The van der Waals surface area contributed by atoms with Crippen molar-refractivity contribution in [3.05, 3.63) is 48.0 Å². The van der Waals surface area contributed by atoms with Gasteiger partial charge in [-0.05, 0) is 64.1 Å². The third-order valence-corrected chi connectivity index (χ3v) is 3.83. The Kier molecular flexibility index (Phi) is 5.02. The molecule has 0 bridgehead atoms. The van der Waals surface area contributed by atoms with Crippen LogP contribution in [-0.4, -0.2) is 29.9 Å². The fourth-order valence-electron chi connectivity index (χ4n) is 2.20. The number of rotatable bonds is 4. The fourth-order valence-corrected chi connectivity index (χ4v) is 2.20. The van der Waals surface area contributed by atoms with Gasteiger partial charge in [-0.1, -0.05) is 0 Å². The Balaban J connectivity index is 2.32. The molecule has 134 valence electrons. The highest BCUT2D eigenvalue weighted by molar-refractivity contribution is 5.77. The number of amides is 1. The van der Waals surface area contributed by atoms with E-state index in [0.29, 0.717) is 17.6 Å². The minimum atomic E-state index is -1.33. The Morgan fingerprint density at radius 1 is 1.12 bits per heavy atom. The largest absolute Gasteiger partial charge is 0.458 e. The number of ether oxygens (including phenoxy) is 1. The molecule has 0 saturated carbocycles. The minimum Gasteiger partial charge on any atom is -0.458 e. The summed E-state index contributed by atoms with van der Waals surface area (Å²) in [6, 6.07) is 9.09. The van der Waals surface area contributed by atoms with Crippen molar-refractivity contribution in [3.63, 3.8) is 0 Å². The maximum Gasteiger partial charge on any atom is 0.411 e. The van der Waals surface area contributed by atoms with Gasteiger partial charge in [0.2, 0.25) is 0 Å². The number of hydrogen-bond donors (Lipinski definition) is 0. The van der Waals surface area contributed by atoms with E-state index < -0.39 is 17.2 Å². The molecule has 6 heteroatoms. The van der Waals surface area contributed by atoms with Crippen molar-refractivity contribution < 1.29 is 23.1 Å². The van der Waals surface area contributed by atoms with Gasteiger partial charge in [0.25, 0.3) is 0 Å². The molecule has 0 aliphatic rings. The molecule has 0 aliphatic heterocycles. The number of likely N-dealkylation sites (N-methyl/N-ethyl adjacent to an activating group) is 1. The molecule has 1 aromatic carbocycles. The molecule has 0 radical (unpaired) electrons. The van der Waals surface area contributed by atoms with E-state index in [0.717, 1.165) is 0 Å². The summed E-state index contributed by atoms with van der Waals surface area (Å²) in [4.78, 5) is 25.3. The monoisotopic (exact) mass is 347 g/mol. The Morgan fingerprint density at radius 3 is 2.24 bits per heavy atom. The smallest absolute Gasteiger partial charge is 0.411 e. The SMILES string of the molecule is CN(C(=O)OC(C)(C)C)C(C)(C=O)c1ccc(-c2ccc(F)cc2)o1. The second-order valence-corrected chi connectivity index (χ2v) is 6.98. The van der Waals surface area contributed by atoms with Gasteiger partial charge in [0.05, 0.1) is 0 Å². The van der Waals surface area contributed by atoms with Gasteiger partial charge in [0.1, 0.15) is 22.9 Å². The molecule has 1 atom stereocenters. The topological polar surface area (TPSA) is 59.8 Å². The number of carbonyl (C=O) groups is 2. The highest BCUT2D eigenvalue weighted by Gasteiger charge is 2.39. The lowest BCUT2D eigenvalue weighted by Gasteiger charge is -2.33. The number of halogens is 1. The van der Waals surface area contributed by atoms with Crippen molar-refractivity contribution in [2.75, 3.05) is 7.05 Å². The first kappa shape index (κ1) is 18.7. The summed E-state index contributed by atoms with van der Waals surface area (Å²) in [6.07, 6.45) is -0.00803. The minimum absolute atomic E-state index is 0.287. The number of aldehydes is 1. The van der Waals surface area contributed by atoms with Crippen LogP contribution in [0.15, 0.2) is 40.8 Å². The quantitative estimate of drug-likeness (QED) is 0.771. The van der Waals surface area contributed by atoms with Crippen LogP contribution < -0.4 is 0 Å². The molecule has 25 heavy (non-hydrogen) atoms. The standard InChI is InChI=1S/C19H22FNO4/c1-18(2,3)25-17(23)21(5)19(4,12-22)16-11-10-15(24-16)13-6-8-14(20)9-7-13/h6-12H,1-5H3. The first-order valence-electron chi connectivity index (χ1n) is 7.86. The third kappa shape index (κ3) is 4.07. The van der Waals surface area contributed by atoms with E-state index in [4.69, 9.17) is 9.15 Å². The van der Waals surface area contributed by atoms with Gasteiger partial charge >= 0.3 is 6.09 Å². The molecule has 1 amide bonds. The van der Waals surface area contributed by atoms with E-state index in [2.05, 4.69) is 0 Å². The van der Waals surface area contributed by atoms with Gasteiger partial charge in [-0.25, -0.2) is 9.18 Å². The van der Waals surface area contributed by atoms with E-state index in [1.54, 1.807) is 52.0 Å². The summed E-state index contributed by atoms with van der Waals surface area (Å²) in [5, 5.41) is 0. The maximum absolute atomic E-state index is 13.0. The Labute approximate surface area is 146 Å². The Hall–Kier alpha value is -2.63.